The van der Waals surface area contributed by atoms with Crippen LogP contribution in [0.4, 0.5) is 0 Å². The molecule has 0 rings (SSSR count). The molecule has 4 nitrogen and oxygen atoms in total. The maximum absolute atomic E-state index is 11.1. The Kier molecular flexibility index (Phi) is 6.08. The fourth-order valence-electron chi connectivity index (χ4n) is 0.828. The highest BCUT2D eigenvalue weighted by Crippen LogP contribution is 2.07. The molecule has 0 aliphatic heterocycles. The smallest absolute Gasteiger partial charge is 0.237 e. The minimum atomic E-state index is -0.947. The zero-order valence-electron chi connectivity index (χ0n) is 8.84. The molecule has 0 radical (unpaired) electrons. The van der Waals surface area contributed by atoms with E-state index >= 15 is 0 Å². The van der Waals surface area contributed by atoms with Gasteiger partial charge < -0.3 is 15.2 Å². The molecule has 2 unspecified atom stereocenters. The van der Waals surface area contributed by atoms with Crippen LogP contribution >= 0.6 is 11.6 Å². The van der Waals surface area contributed by atoms with Gasteiger partial charge in [0.2, 0.25) is 5.91 Å². The predicted molar refractivity (Wildman–Crippen MR) is 55.4 cm³/mol. The summed E-state index contributed by atoms with van der Waals surface area (Å²) in [6, 6.07) is 0. The van der Waals surface area contributed by atoms with Crippen LogP contribution in [0.25, 0.3) is 0 Å². The van der Waals surface area contributed by atoms with Crippen molar-refractivity contribution in [3.63, 3.8) is 0 Å². The Hall–Kier alpha value is -0.320. The van der Waals surface area contributed by atoms with Gasteiger partial charge in [-0.25, -0.2) is 0 Å². The molecule has 0 spiro atoms. The number of nitrogens with one attached hydrogen (secondary N) is 1. The van der Waals surface area contributed by atoms with E-state index in [1.165, 1.54) is 0 Å². The standard InChI is InChI=1S/C9H18ClNO3/c1-7(10)8(12)11-6-9(2,13)4-5-14-3/h7,13H,4-6H2,1-3H3,(H,11,12). The second kappa shape index (κ2) is 6.22. The molecule has 2 N–H and O–H groups in total. The number of rotatable bonds is 6. The number of hydrogen-bond donors (Lipinski definition) is 2. The van der Waals surface area contributed by atoms with Gasteiger partial charge in [-0.3, -0.25) is 4.79 Å². The molecule has 5 heteroatoms. The Bertz CT molecular complexity index is 183. The van der Waals surface area contributed by atoms with Crippen LogP contribution in [0.2, 0.25) is 0 Å². The molecule has 0 aromatic rings. The van der Waals surface area contributed by atoms with Crippen LogP contribution in [0.1, 0.15) is 20.3 Å². The first-order chi connectivity index (χ1) is 6.39. The van der Waals surface area contributed by atoms with Crippen molar-refractivity contribution in [2.45, 2.75) is 31.2 Å². The lowest BCUT2D eigenvalue weighted by atomic mass is 10.0. The lowest BCUT2D eigenvalue weighted by molar-refractivity contribution is -0.121. The number of carbonyl (C=O) groups is 1. The molecule has 0 aliphatic rings. The van der Waals surface area contributed by atoms with E-state index in [9.17, 15) is 9.90 Å². The molecule has 0 heterocycles. The van der Waals surface area contributed by atoms with Crippen molar-refractivity contribution in [1.82, 2.24) is 5.32 Å². The SMILES string of the molecule is COCCC(C)(O)CNC(=O)C(C)Cl. The summed E-state index contributed by atoms with van der Waals surface area (Å²) in [5.41, 5.74) is -0.947. The summed E-state index contributed by atoms with van der Waals surface area (Å²) in [6.07, 6.45) is 0.473. The van der Waals surface area contributed by atoms with E-state index in [2.05, 4.69) is 5.32 Å². The number of hydrogen-bond acceptors (Lipinski definition) is 3. The summed E-state index contributed by atoms with van der Waals surface area (Å²) >= 11 is 5.54. The molecule has 1 amide bonds. The number of halogens is 1. The maximum Gasteiger partial charge on any atom is 0.237 e. The van der Waals surface area contributed by atoms with Crippen LogP contribution in [-0.2, 0) is 9.53 Å². The maximum atomic E-state index is 11.1. The zero-order chi connectivity index (χ0) is 11.2. The summed E-state index contributed by atoms with van der Waals surface area (Å²) < 4.78 is 4.83. The number of carbonyl (C=O) groups excluding carboxylic acids is 1. The van der Waals surface area contributed by atoms with Gasteiger partial charge in [-0.2, -0.15) is 0 Å². The van der Waals surface area contributed by atoms with Crippen molar-refractivity contribution >= 4 is 17.5 Å². The normalized spacial score (nSPS) is 17.2. The van der Waals surface area contributed by atoms with E-state index in [1.807, 2.05) is 0 Å². The molecule has 84 valence electrons. The first-order valence-corrected chi connectivity index (χ1v) is 4.96. The lowest BCUT2D eigenvalue weighted by Gasteiger charge is -2.23. The topological polar surface area (TPSA) is 58.6 Å². The van der Waals surface area contributed by atoms with Crippen LogP contribution in [0, 0.1) is 0 Å². The van der Waals surface area contributed by atoms with Crippen LogP contribution in [-0.4, -0.2) is 42.3 Å². The van der Waals surface area contributed by atoms with Crippen LogP contribution in [0.15, 0.2) is 0 Å². The highest BCUT2D eigenvalue weighted by molar-refractivity contribution is 6.30. The van der Waals surface area contributed by atoms with Crippen LogP contribution in [0.5, 0.6) is 0 Å². The van der Waals surface area contributed by atoms with E-state index in [0.717, 1.165) is 0 Å². The third-order valence-corrected chi connectivity index (χ3v) is 2.05. The summed E-state index contributed by atoms with van der Waals surface area (Å²) in [5.74, 6) is -0.274. The summed E-state index contributed by atoms with van der Waals surface area (Å²) in [5, 5.41) is 11.7. The Balaban J connectivity index is 3.80. The number of aliphatic hydroxyl groups is 1. The van der Waals surface area contributed by atoms with Gasteiger partial charge in [0.1, 0.15) is 5.38 Å². The number of amides is 1. The molecular formula is C9H18ClNO3. The highest BCUT2D eigenvalue weighted by atomic mass is 35.5. The number of ether oxygens (including phenoxy) is 1. The molecule has 0 saturated heterocycles. The molecule has 0 aromatic heterocycles. The van der Waals surface area contributed by atoms with Gasteiger partial charge in [0, 0.05) is 26.7 Å². The Morgan fingerprint density at radius 3 is 2.71 bits per heavy atom. The van der Waals surface area contributed by atoms with Gasteiger partial charge in [-0.15, -0.1) is 11.6 Å². The Morgan fingerprint density at radius 1 is 1.71 bits per heavy atom. The predicted octanol–water partition coefficient (Wildman–Crippen LogP) is 0.517. The van der Waals surface area contributed by atoms with E-state index in [-0.39, 0.29) is 12.5 Å². The number of alkyl halides is 1. The Labute approximate surface area is 89.6 Å². The monoisotopic (exact) mass is 223 g/mol. The average molecular weight is 224 g/mol. The largest absolute Gasteiger partial charge is 0.388 e. The molecule has 2 atom stereocenters. The van der Waals surface area contributed by atoms with Gasteiger partial charge in [0.25, 0.3) is 0 Å². The summed E-state index contributed by atoms with van der Waals surface area (Å²) in [7, 11) is 1.56. The van der Waals surface area contributed by atoms with Crippen molar-refractivity contribution < 1.29 is 14.6 Å². The van der Waals surface area contributed by atoms with Crippen molar-refractivity contribution in [3.8, 4) is 0 Å². The van der Waals surface area contributed by atoms with Crippen molar-refractivity contribution in [2.24, 2.45) is 0 Å². The first-order valence-electron chi connectivity index (χ1n) is 4.52. The number of methoxy groups -OCH3 is 1. The van der Waals surface area contributed by atoms with E-state index < -0.39 is 11.0 Å². The lowest BCUT2D eigenvalue weighted by Crippen LogP contribution is -2.43. The third-order valence-electron chi connectivity index (χ3n) is 1.85. The molecule has 0 aromatic carbocycles. The van der Waals surface area contributed by atoms with Crippen LogP contribution in [0.3, 0.4) is 0 Å². The quantitative estimate of drug-likeness (QED) is 0.646. The fourth-order valence-corrected chi connectivity index (χ4v) is 0.906. The molecule has 0 saturated carbocycles. The zero-order valence-corrected chi connectivity index (χ0v) is 9.60. The second-order valence-corrected chi connectivity index (χ2v) is 4.23. The van der Waals surface area contributed by atoms with Gasteiger partial charge in [-0.05, 0) is 13.8 Å². The van der Waals surface area contributed by atoms with E-state index in [1.54, 1.807) is 21.0 Å². The van der Waals surface area contributed by atoms with Gasteiger partial charge in [0.05, 0.1) is 5.60 Å². The molecular weight excluding hydrogens is 206 g/mol. The first kappa shape index (κ1) is 13.7. The highest BCUT2D eigenvalue weighted by Gasteiger charge is 2.21. The summed E-state index contributed by atoms with van der Waals surface area (Å²) in [4.78, 5) is 11.1. The van der Waals surface area contributed by atoms with Gasteiger partial charge in [-0.1, -0.05) is 0 Å². The second-order valence-electron chi connectivity index (χ2n) is 3.57. The van der Waals surface area contributed by atoms with Crippen molar-refractivity contribution in [2.75, 3.05) is 20.3 Å². The fraction of sp³-hybridized carbons (Fsp3) is 0.889. The Morgan fingerprint density at radius 2 is 2.29 bits per heavy atom. The summed E-state index contributed by atoms with van der Waals surface area (Å²) in [6.45, 7) is 3.87. The van der Waals surface area contributed by atoms with Gasteiger partial charge in [0.15, 0.2) is 0 Å². The average Bonchev–Trinajstić information content (AvgIpc) is 2.11. The molecule has 14 heavy (non-hydrogen) atoms. The van der Waals surface area contributed by atoms with Gasteiger partial charge >= 0.3 is 0 Å². The minimum Gasteiger partial charge on any atom is -0.388 e. The van der Waals surface area contributed by atoms with E-state index in [4.69, 9.17) is 16.3 Å². The third kappa shape index (κ3) is 6.18. The molecule has 0 bridgehead atoms. The molecule has 0 aliphatic carbocycles. The van der Waals surface area contributed by atoms with Crippen molar-refractivity contribution in [1.29, 1.82) is 0 Å². The van der Waals surface area contributed by atoms with Crippen molar-refractivity contribution in [3.05, 3.63) is 0 Å². The van der Waals surface area contributed by atoms with E-state index in [0.29, 0.717) is 13.0 Å². The minimum absolute atomic E-state index is 0.187. The molecule has 0 fully saturated rings. The van der Waals surface area contributed by atoms with Crippen LogP contribution < -0.4 is 5.32 Å².